The van der Waals surface area contributed by atoms with Gasteiger partial charge in [0.15, 0.2) is 23.0 Å². The molecule has 0 unspecified atom stereocenters. The van der Waals surface area contributed by atoms with Crippen LogP contribution in [0.4, 0.5) is 0 Å². The topological polar surface area (TPSA) is 126 Å². The van der Waals surface area contributed by atoms with Crippen molar-refractivity contribution in [3.05, 3.63) is 538 Å². The molecule has 16 rings (SSSR count). The van der Waals surface area contributed by atoms with Crippen molar-refractivity contribution in [1.82, 2.24) is 0 Å². The number of rotatable bonds is 20. The first-order valence-electron chi connectivity index (χ1n) is 39.9. The Labute approximate surface area is 996 Å². The Morgan fingerprint density at radius 1 is 0.179 bits per heavy atom. The molecule has 0 saturated carbocycles. The summed E-state index contributed by atoms with van der Waals surface area (Å²) in [5.41, 5.74) is 3.56. The van der Waals surface area contributed by atoms with E-state index in [0.717, 1.165) is 93.1 Å². The summed E-state index contributed by atoms with van der Waals surface area (Å²) in [5.74, 6) is 6.79. The SMILES string of the molecule is C.C.C.C.CC=[N-].CC=[N-].CC=[N-].CC=[N-].II.II.II.II.[CH2-]c1ccccc1Oc1ccccc1[PH+](c1ccccc1)c1ccccc1.[CH2-]c1ccccc1Oc1ccccc1[PH+](c1ccccc1)c1ccccc1.[CH2-]c1ccccc1Oc1ccccc1[PH+](c1ccccc1)c1ccccc1.[CH2-]c1ccccc1Oc1ccccc1[PH+](c1ccccc1)c1ccccc1.[CH3-].[CH3-].[CH3-].[CH3-].[Pd].[Pd].[Pd].[Pd]. The zero-order valence-corrected chi connectivity index (χ0v) is 104. The van der Waals surface area contributed by atoms with Crippen LogP contribution in [0.15, 0.2) is 437 Å². The summed E-state index contributed by atoms with van der Waals surface area (Å²) in [7, 11) is -4.74. The van der Waals surface area contributed by atoms with Crippen LogP contribution >= 0.6 is 181 Å². The average Bonchev–Trinajstić information content (AvgIpc) is 0.810. The maximum absolute atomic E-state index is 7.44. The largest absolute Gasteiger partial charge is 0.814 e. The van der Waals surface area contributed by atoms with Gasteiger partial charge >= 0.3 is 0 Å². The smallest absolute Gasteiger partial charge is 0.154 e. The van der Waals surface area contributed by atoms with Crippen molar-refractivity contribution in [1.29, 1.82) is 0 Å². The van der Waals surface area contributed by atoms with E-state index in [0.29, 0.717) is 0 Å². The fourth-order valence-electron chi connectivity index (χ4n) is 12.7. The van der Waals surface area contributed by atoms with E-state index in [4.69, 9.17) is 40.6 Å². The van der Waals surface area contributed by atoms with E-state index in [1.54, 1.807) is 27.7 Å². The number of benzene rings is 16. The predicted octanol–water partition coefficient (Wildman–Crippen LogP) is 34.6. The molecule has 0 amide bonds. The number of nitrogens with zero attached hydrogens (tertiary/aromatic N) is 4. The molecule has 0 spiro atoms. The van der Waals surface area contributed by atoms with Gasteiger partial charge in [0.05, 0.1) is 0 Å². The fraction of sp³-hybridized carbons (Fsp3) is 0.0690. The molecule has 0 fully saturated rings. The van der Waals surface area contributed by atoms with Gasteiger partial charge in [-0.3, -0.25) is 0 Å². The van der Waals surface area contributed by atoms with Gasteiger partial charge in [-0.15, -0.1) is 24.3 Å². The van der Waals surface area contributed by atoms with Crippen LogP contribution in [-0.4, -0.2) is 24.9 Å². The maximum atomic E-state index is 7.44. The molecule has 0 saturated heterocycles. The van der Waals surface area contributed by atoms with Gasteiger partial charge in [-0.25, -0.2) is 24.9 Å². The minimum Gasteiger partial charge on any atom is -0.814 e. The van der Waals surface area contributed by atoms with Gasteiger partial charge in [-0.2, -0.15) is 74.2 Å². The summed E-state index contributed by atoms with van der Waals surface area (Å²) >= 11 is 17.0. The van der Waals surface area contributed by atoms with Crippen LogP contribution < -0.4 is 82.6 Å². The number of halogens is 8. The fourth-order valence-corrected chi connectivity index (χ4v) is 23.3. The van der Waals surface area contributed by atoms with Gasteiger partial charge in [0.2, 0.25) is 0 Å². The van der Waals surface area contributed by atoms with Crippen molar-refractivity contribution in [2.45, 2.75) is 57.4 Å². The Hall–Kier alpha value is -4.91. The molecule has 16 aromatic rings. The number of para-hydroxylation sites is 8. The molecule has 0 heterocycles. The molecule has 0 atom stereocenters. The van der Waals surface area contributed by atoms with E-state index in [-0.39, 0.29) is 141 Å². The van der Waals surface area contributed by atoms with Crippen molar-refractivity contribution < 1.29 is 101 Å². The van der Waals surface area contributed by atoms with Gasteiger partial charge in [0, 0.05) is 254 Å². The van der Waals surface area contributed by atoms with Crippen LogP contribution in [0, 0.1) is 57.4 Å². The molecular weight excluding hydrogens is 3080 g/mol. The van der Waals surface area contributed by atoms with Crippen LogP contribution in [0.2, 0.25) is 0 Å². The van der Waals surface area contributed by atoms with Crippen LogP contribution in [0.3, 0.4) is 0 Å². The van der Waals surface area contributed by atoms with E-state index in [1.807, 2.05) is 121 Å². The predicted molar refractivity (Wildman–Crippen MR) is 695 cm³/mol. The number of hydrogen-bond acceptors (Lipinski definition) is 4. The van der Waals surface area contributed by atoms with Gasteiger partial charge < -0.3 is 70.3 Å². The minimum atomic E-state index is -1.18. The standard InChI is InChI=1S/4C25H20OP.4C2H4N.4CH4.4CH3.4I2.4Pd/c4*1-20-12-8-9-17-23(20)26-24-18-10-11-19-25(24)27(21-13-4-2-5-14-21)22-15-6-3-7-16-22;4*1-2-3;;;;;;;;;4*1-2;;;;/h4*2-19H,1H2;4*2H,1H3;4*1H4;4*1H3;;;;;;;;/q8*-1;;;;;4*-1;;;;;;;;/p+4. The Kier molecular flexibility index (Phi) is 101. The van der Waals surface area contributed by atoms with Crippen molar-refractivity contribution in [2.75, 3.05) is 0 Å². The Morgan fingerprint density at radius 2 is 0.271 bits per heavy atom. The zero-order chi connectivity index (χ0) is 92.7. The molecule has 24 heteroatoms. The molecule has 0 bridgehead atoms. The zero-order valence-electron chi connectivity index (χ0n) is 76.4. The minimum absolute atomic E-state index is 0. The van der Waals surface area contributed by atoms with Gasteiger partial charge in [0.25, 0.3) is 0 Å². The summed E-state index contributed by atoms with van der Waals surface area (Å²) in [5, 5.41) is 45.5. The summed E-state index contributed by atoms with van der Waals surface area (Å²) in [4.78, 5) is 0. The summed E-state index contributed by atoms with van der Waals surface area (Å²) < 4.78 is 25.3. The Bertz CT molecular complexity index is 4870. The number of ether oxygens (including phenoxy) is 4. The third kappa shape index (κ3) is 52.1. The second kappa shape index (κ2) is 93.8. The Balaban J connectivity index is -0.000000253. The Morgan fingerprint density at radius 3 is 0.386 bits per heavy atom. The van der Waals surface area contributed by atoms with E-state index < -0.39 is 31.7 Å². The van der Waals surface area contributed by atoms with E-state index in [9.17, 15) is 0 Å². The second-order valence-electron chi connectivity index (χ2n) is 26.3. The van der Waals surface area contributed by atoms with Gasteiger partial charge in [-0.1, -0.05) is 300 Å². The molecule has 8 nitrogen and oxygen atoms in total. The summed E-state index contributed by atoms with van der Waals surface area (Å²) in [6, 6.07) is 151. The molecule has 0 aliphatic carbocycles. The normalized spacial score (nSPS) is 8.80. The molecular formula is C116H128I8N4O4P4Pd4-8. The molecule has 0 aromatic heterocycles. The van der Waals surface area contributed by atoms with E-state index in [1.165, 1.54) is 63.7 Å². The van der Waals surface area contributed by atoms with Crippen LogP contribution in [0.5, 0.6) is 46.0 Å². The average molecular weight is 3210 g/mol. The third-order valence-electron chi connectivity index (χ3n) is 17.9. The van der Waals surface area contributed by atoms with Gasteiger partial charge in [0.1, 0.15) is 95.3 Å². The van der Waals surface area contributed by atoms with E-state index >= 15 is 0 Å². The van der Waals surface area contributed by atoms with Crippen molar-refractivity contribution >= 4 is 269 Å². The molecule has 140 heavy (non-hydrogen) atoms. The molecule has 0 radical (unpaired) electrons. The van der Waals surface area contributed by atoms with Crippen molar-refractivity contribution in [3.8, 4) is 46.0 Å². The molecule has 0 aliphatic heterocycles. The quantitative estimate of drug-likeness (QED) is 0.0248. The molecule has 0 N–H and O–H groups in total. The number of hydrogen-bond donors (Lipinski definition) is 0. The van der Waals surface area contributed by atoms with E-state index in [2.05, 4.69) is 492 Å². The van der Waals surface area contributed by atoms with Crippen molar-refractivity contribution in [2.24, 2.45) is 0 Å². The van der Waals surface area contributed by atoms with Crippen molar-refractivity contribution in [3.63, 3.8) is 0 Å². The molecule has 760 valence electrons. The first-order chi connectivity index (χ1) is 63.0. The third-order valence-corrected chi connectivity index (χ3v) is 29.0. The summed E-state index contributed by atoms with van der Waals surface area (Å²) in [6.07, 6.45) is 4.00. The van der Waals surface area contributed by atoms with Crippen LogP contribution in [0.1, 0.15) is 79.7 Å². The second-order valence-corrected chi connectivity index (χ2v) is 36.1. The summed E-state index contributed by atoms with van der Waals surface area (Å²) in [6.45, 7) is 22.6. The first kappa shape index (κ1) is 150. The monoisotopic (exact) mass is 3200 g/mol. The first-order valence-corrected chi connectivity index (χ1v) is 71.0. The van der Waals surface area contributed by atoms with Crippen LogP contribution in [-0.2, 0) is 81.7 Å². The van der Waals surface area contributed by atoms with Crippen LogP contribution in [0.25, 0.3) is 21.6 Å². The molecule has 16 aromatic carbocycles. The molecule has 0 aliphatic rings. The maximum Gasteiger partial charge on any atom is 0.154 e. The van der Waals surface area contributed by atoms with Gasteiger partial charge in [-0.05, 0) is 146 Å².